The number of halogens is 1. The normalized spacial score (nSPS) is 14.5. The molecule has 0 radical (unpaired) electrons. The Bertz CT molecular complexity index is 580. The van der Waals surface area contributed by atoms with E-state index in [1.807, 2.05) is 13.1 Å². The number of hydrogen-bond acceptors (Lipinski definition) is 4. The fourth-order valence-electron chi connectivity index (χ4n) is 2.07. The highest BCUT2D eigenvalue weighted by atomic mass is 32.1. The first-order valence-electron chi connectivity index (χ1n) is 6.84. The van der Waals surface area contributed by atoms with Crippen molar-refractivity contribution in [3.8, 4) is 0 Å². The number of benzene rings is 1. The van der Waals surface area contributed by atoms with Gasteiger partial charge in [-0.15, -0.1) is 11.3 Å². The van der Waals surface area contributed by atoms with Crippen LogP contribution >= 0.6 is 11.3 Å². The molecule has 20 heavy (non-hydrogen) atoms. The van der Waals surface area contributed by atoms with Crippen molar-refractivity contribution in [2.75, 3.05) is 11.9 Å². The van der Waals surface area contributed by atoms with Crippen LogP contribution in [-0.4, -0.2) is 18.1 Å². The van der Waals surface area contributed by atoms with E-state index in [2.05, 4.69) is 20.6 Å². The minimum absolute atomic E-state index is 0.190. The summed E-state index contributed by atoms with van der Waals surface area (Å²) in [6, 6.07) is 7.41. The Labute approximate surface area is 122 Å². The predicted octanol–water partition coefficient (Wildman–Crippen LogP) is 3.17. The van der Waals surface area contributed by atoms with Gasteiger partial charge in [-0.2, -0.15) is 0 Å². The maximum absolute atomic E-state index is 13.2. The SMILES string of the molecule is CN(Cc1cccc(F)c1)c1nc(CNC2CC2)cs1. The van der Waals surface area contributed by atoms with Crippen molar-refractivity contribution in [2.24, 2.45) is 0 Å². The Kier molecular flexibility index (Phi) is 3.98. The molecule has 1 aromatic heterocycles. The van der Waals surface area contributed by atoms with Gasteiger partial charge in [0.05, 0.1) is 5.69 Å². The summed E-state index contributed by atoms with van der Waals surface area (Å²) in [5.74, 6) is -0.190. The molecule has 2 aromatic rings. The van der Waals surface area contributed by atoms with E-state index in [-0.39, 0.29) is 5.82 Å². The molecule has 1 heterocycles. The zero-order chi connectivity index (χ0) is 13.9. The van der Waals surface area contributed by atoms with Gasteiger partial charge in [0, 0.05) is 31.6 Å². The number of nitrogens with one attached hydrogen (secondary N) is 1. The van der Waals surface area contributed by atoms with Crippen LogP contribution in [0.25, 0.3) is 0 Å². The summed E-state index contributed by atoms with van der Waals surface area (Å²) in [6.07, 6.45) is 2.58. The second-order valence-corrected chi connectivity index (χ2v) is 6.10. The van der Waals surface area contributed by atoms with Gasteiger partial charge in [0.15, 0.2) is 5.13 Å². The van der Waals surface area contributed by atoms with Crippen LogP contribution in [0.3, 0.4) is 0 Å². The number of aromatic nitrogens is 1. The lowest BCUT2D eigenvalue weighted by Crippen LogP contribution is -2.18. The fraction of sp³-hybridized carbons (Fsp3) is 0.400. The van der Waals surface area contributed by atoms with Crippen molar-refractivity contribution < 1.29 is 4.39 Å². The summed E-state index contributed by atoms with van der Waals surface area (Å²) in [5, 5.41) is 6.52. The lowest BCUT2D eigenvalue weighted by atomic mass is 10.2. The van der Waals surface area contributed by atoms with Crippen LogP contribution in [0.4, 0.5) is 9.52 Å². The molecule has 0 saturated heterocycles. The van der Waals surface area contributed by atoms with Gasteiger partial charge in [-0.1, -0.05) is 12.1 Å². The largest absolute Gasteiger partial charge is 0.347 e. The molecule has 106 valence electrons. The Morgan fingerprint density at radius 1 is 1.45 bits per heavy atom. The minimum atomic E-state index is -0.190. The van der Waals surface area contributed by atoms with E-state index in [9.17, 15) is 4.39 Å². The quantitative estimate of drug-likeness (QED) is 0.886. The second-order valence-electron chi connectivity index (χ2n) is 5.26. The summed E-state index contributed by atoms with van der Waals surface area (Å²) in [7, 11) is 1.99. The molecular formula is C15H18FN3S. The van der Waals surface area contributed by atoms with Crippen LogP contribution < -0.4 is 10.2 Å². The minimum Gasteiger partial charge on any atom is -0.347 e. The lowest BCUT2D eigenvalue weighted by molar-refractivity contribution is 0.625. The summed E-state index contributed by atoms with van der Waals surface area (Å²) < 4.78 is 13.2. The lowest BCUT2D eigenvalue weighted by Gasteiger charge is -2.15. The summed E-state index contributed by atoms with van der Waals surface area (Å²) >= 11 is 1.63. The predicted molar refractivity (Wildman–Crippen MR) is 80.5 cm³/mol. The van der Waals surface area contributed by atoms with Crippen LogP contribution in [0.1, 0.15) is 24.1 Å². The Balaban J connectivity index is 1.59. The fourth-order valence-corrected chi connectivity index (χ4v) is 2.86. The third-order valence-corrected chi connectivity index (χ3v) is 4.33. The van der Waals surface area contributed by atoms with Crippen molar-refractivity contribution in [3.05, 3.63) is 46.7 Å². The van der Waals surface area contributed by atoms with Gasteiger partial charge < -0.3 is 10.2 Å². The first-order chi connectivity index (χ1) is 9.70. The van der Waals surface area contributed by atoms with Crippen LogP contribution in [0.15, 0.2) is 29.6 Å². The standard InChI is InChI=1S/C15H18FN3S/c1-19(9-11-3-2-4-12(16)7-11)15-18-14(10-20-15)8-17-13-5-6-13/h2-4,7,10,13,17H,5-6,8-9H2,1H3. The monoisotopic (exact) mass is 291 g/mol. The van der Waals surface area contributed by atoms with Gasteiger partial charge in [0.2, 0.25) is 0 Å². The van der Waals surface area contributed by atoms with Crippen LogP contribution in [0.2, 0.25) is 0 Å². The van der Waals surface area contributed by atoms with E-state index in [0.717, 1.165) is 22.9 Å². The highest BCUT2D eigenvalue weighted by Crippen LogP contribution is 2.23. The number of thiazole rings is 1. The molecule has 5 heteroatoms. The van der Waals surface area contributed by atoms with E-state index < -0.39 is 0 Å². The molecular weight excluding hydrogens is 273 g/mol. The molecule has 1 N–H and O–H groups in total. The third-order valence-electron chi connectivity index (χ3n) is 3.32. The van der Waals surface area contributed by atoms with E-state index in [0.29, 0.717) is 12.6 Å². The molecule has 0 bridgehead atoms. The molecule has 0 unspecified atom stereocenters. The number of anilines is 1. The molecule has 1 aromatic carbocycles. The number of rotatable bonds is 6. The van der Waals surface area contributed by atoms with Gasteiger partial charge in [-0.3, -0.25) is 0 Å². The summed E-state index contributed by atoms with van der Waals surface area (Å²) in [6.45, 7) is 1.51. The smallest absolute Gasteiger partial charge is 0.185 e. The Morgan fingerprint density at radius 2 is 2.30 bits per heavy atom. The molecule has 3 nitrogen and oxygen atoms in total. The first-order valence-corrected chi connectivity index (χ1v) is 7.72. The second kappa shape index (κ2) is 5.89. The van der Waals surface area contributed by atoms with Gasteiger partial charge in [-0.25, -0.2) is 9.37 Å². The van der Waals surface area contributed by atoms with Crippen LogP contribution in [-0.2, 0) is 13.1 Å². The summed E-state index contributed by atoms with van der Waals surface area (Å²) in [4.78, 5) is 6.67. The van der Waals surface area contributed by atoms with Crippen molar-refractivity contribution >= 4 is 16.5 Å². The van der Waals surface area contributed by atoms with E-state index in [4.69, 9.17) is 0 Å². The molecule has 1 aliphatic carbocycles. The average molecular weight is 291 g/mol. The van der Waals surface area contributed by atoms with Crippen molar-refractivity contribution in [1.82, 2.24) is 10.3 Å². The van der Waals surface area contributed by atoms with E-state index in [1.54, 1.807) is 23.5 Å². The number of nitrogens with zero attached hydrogens (tertiary/aromatic N) is 2. The van der Waals surface area contributed by atoms with Crippen LogP contribution in [0.5, 0.6) is 0 Å². The average Bonchev–Trinajstić information content (AvgIpc) is 3.13. The van der Waals surface area contributed by atoms with E-state index >= 15 is 0 Å². The zero-order valence-corrected chi connectivity index (χ0v) is 12.3. The van der Waals surface area contributed by atoms with Crippen LogP contribution in [0, 0.1) is 5.82 Å². The molecule has 0 atom stereocenters. The molecule has 3 rings (SSSR count). The highest BCUT2D eigenvalue weighted by molar-refractivity contribution is 7.13. The molecule has 0 amide bonds. The molecule has 0 aliphatic heterocycles. The molecule has 1 aliphatic rings. The van der Waals surface area contributed by atoms with Gasteiger partial charge in [0.1, 0.15) is 5.82 Å². The molecule has 1 fully saturated rings. The molecule has 0 spiro atoms. The highest BCUT2D eigenvalue weighted by Gasteiger charge is 2.20. The van der Waals surface area contributed by atoms with Crippen molar-refractivity contribution in [1.29, 1.82) is 0 Å². The topological polar surface area (TPSA) is 28.2 Å². The molecule has 1 saturated carbocycles. The third kappa shape index (κ3) is 3.55. The first kappa shape index (κ1) is 13.5. The Morgan fingerprint density at radius 3 is 3.05 bits per heavy atom. The maximum Gasteiger partial charge on any atom is 0.185 e. The summed E-state index contributed by atoms with van der Waals surface area (Å²) in [5.41, 5.74) is 2.04. The number of hydrogen-bond donors (Lipinski definition) is 1. The van der Waals surface area contributed by atoms with E-state index in [1.165, 1.54) is 18.9 Å². The van der Waals surface area contributed by atoms with Gasteiger partial charge in [-0.05, 0) is 30.5 Å². The van der Waals surface area contributed by atoms with Crippen molar-refractivity contribution in [2.45, 2.75) is 32.0 Å². The zero-order valence-electron chi connectivity index (χ0n) is 11.5. The van der Waals surface area contributed by atoms with Gasteiger partial charge in [0.25, 0.3) is 0 Å². The Hall–Kier alpha value is -1.46. The van der Waals surface area contributed by atoms with Crippen molar-refractivity contribution in [3.63, 3.8) is 0 Å². The maximum atomic E-state index is 13.2. The van der Waals surface area contributed by atoms with Gasteiger partial charge >= 0.3 is 0 Å².